The molecule has 2 aliphatic rings. The van der Waals surface area contributed by atoms with Gasteiger partial charge in [0.2, 0.25) is 12.7 Å². The monoisotopic (exact) mass is 367 g/mol. The molecule has 0 aliphatic carbocycles. The molecule has 2 aromatic rings. The fraction of sp³-hybridized carbons (Fsp3) is 0.333. The highest BCUT2D eigenvalue weighted by molar-refractivity contribution is 5.82. The number of esters is 1. The standard InChI is InChI=1S/C21H21NO5/c1-25-20(24)8-7-19(23)22-10-9-15-11-17-18(27-13-26-17)12-16(15)21(22)14-5-3-2-4-6-14/h2-6,11-12,21H,7-10,13H2,1H3. The van der Waals surface area contributed by atoms with Gasteiger partial charge in [-0.15, -0.1) is 0 Å². The summed E-state index contributed by atoms with van der Waals surface area (Å²) in [4.78, 5) is 26.2. The van der Waals surface area contributed by atoms with E-state index in [4.69, 9.17) is 9.47 Å². The van der Waals surface area contributed by atoms with Gasteiger partial charge in [-0.3, -0.25) is 9.59 Å². The van der Waals surface area contributed by atoms with Crippen molar-refractivity contribution < 1.29 is 23.8 Å². The van der Waals surface area contributed by atoms with Gasteiger partial charge in [-0.2, -0.15) is 0 Å². The van der Waals surface area contributed by atoms with Crippen LogP contribution in [0.3, 0.4) is 0 Å². The molecule has 0 bridgehead atoms. The maximum atomic E-state index is 12.9. The van der Waals surface area contributed by atoms with Crippen LogP contribution in [0.4, 0.5) is 0 Å². The zero-order valence-corrected chi connectivity index (χ0v) is 15.1. The normalized spacial score (nSPS) is 17.4. The lowest BCUT2D eigenvalue weighted by Crippen LogP contribution is -2.40. The van der Waals surface area contributed by atoms with E-state index in [1.807, 2.05) is 47.4 Å². The van der Waals surface area contributed by atoms with E-state index >= 15 is 0 Å². The summed E-state index contributed by atoms with van der Waals surface area (Å²) >= 11 is 0. The average molecular weight is 367 g/mol. The zero-order valence-electron chi connectivity index (χ0n) is 15.1. The number of ether oxygens (including phenoxy) is 3. The number of carbonyl (C=O) groups excluding carboxylic acids is 2. The van der Waals surface area contributed by atoms with E-state index in [9.17, 15) is 9.59 Å². The number of amides is 1. The molecule has 0 aromatic heterocycles. The molecule has 0 saturated carbocycles. The fourth-order valence-electron chi connectivity index (χ4n) is 3.73. The van der Waals surface area contributed by atoms with E-state index in [-0.39, 0.29) is 37.6 Å². The highest BCUT2D eigenvalue weighted by Gasteiger charge is 2.34. The van der Waals surface area contributed by atoms with Crippen LogP contribution in [0, 0.1) is 0 Å². The molecular formula is C21H21NO5. The lowest BCUT2D eigenvalue weighted by Gasteiger charge is -2.38. The lowest BCUT2D eigenvalue weighted by molar-refractivity contribution is -0.144. The van der Waals surface area contributed by atoms with Crippen molar-refractivity contribution in [2.45, 2.75) is 25.3 Å². The Balaban J connectivity index is 1.70. The first-order valence-corrected chi connectivity index (χ1v) is 9.01. The molecule has 2 aromatic carbocycles. The molecule has 2 aliphatic heterocycles. The van der Waals surface area contributed by atoms with Crippen LogP contribution >= 0.6 is 0 Å². The van der Waals surface area contributed by atoms with Crippen molar-refractivity contribution in [3.8, 4) is 11.5 Å². The largest absolute Gasteiger partial charge is 0.469 e. The molecule has 0 saturated heterocycles. The third-order valence-electron chi connectivity index (χ3n) is 5.07. The van der Waals surface area contributed by atoms with Crippen LogP contribution in [-0.2, 0) is 20.7 Å². The Hall–Kier alpha value is -3.02. The van der Waals surface area contributed by atoms with E-state index in [0.717, 1.165) is 28.9 Å². The van der Waals surface area contributed by atoms with Crippen LogP contribution in [0.25, 0.3) is 0 Å². The highest BCUT2D eigenvalue weighted by Crippen LogP contribution is 2.42. The van der Waals surface area contributed by atoms with E-state index in [2.05, 4.69) is 4.74 Å². The number of benzene rings is 2. The van der Waals surface area contributed by atoms with Crippen molar-refractivity contribution in [1.82, 2.24) is 4.90 Å². The summed E-state index contributed by atoms with van der Waals surface area (Å²) in [6.07, 6.45) is 0.955. The van der Waals surface area contributed by atoms with Gasteiger partial charge in [0, 0.05) is 13.0 Å². The molecular weight excluding hydrogens is 346 g/mol. The van der Waals surface area contributed by atoms with E-state index in [0.29, 0.717) is 12.3 Å². The molecule has 1 atom stereocenters. The topological polar surface area (TPSA) is 65.1 Å². The SMILES string of the molecule is COC(=O)CCC(=O)N1CCc2cc3c(cc2C1c1ccccc1)OCO3. The molecule has 0 N–H and O–H groups in total. The van der Waals surface area contributed by atoms with Gasteiger partial charge in [0.1, 0.15) is 0 Å². The van der Waals surface area contributed by atoms with Gasteiger partial charge in [-0.05, 0) is 35.2 Å². The maximum Gasteiger partial charge on any atom is 0.306 e. The molecule has 6 heteroatoms. The smallest absolute Gasteiger partial charge is 0.306 e. The molecule has 140 valence electrons. The second kappa shape index (κ2) is 7.31. The molecule has 0 fully saturated rings. The van der Waals surface area contributed by atoms with E-state index in [1.165, 1.54) is 7.11 Å². The summed E-state index contributed by atoms with van der Waals surface area (Å²) in [5.74, 6) is 1.03. The van der Waals surface area contributed by atoms with Crippen LogP contribution < -0.4 is 9.47 Å². The minimum absolute atomic E-state index is 0.0578. The number of hydrogen-bond donors (Lipinski definition) is 0. The molecule has 4 rings (SSSR count). The number of methoxy groups -OCH3 is 1. The van der Waals surface area contributed by atoms with Crippen molar-refractivity contribution in [3.05, 3.63) is 59.2 Å². The second-order valence-corrected chi connectivity index (χ2v) is 6.63. The molecule has 2 heterocycles. The molecule has 0 spiro atoms. The van der Waals surface area contributed by atoms with Crippen LogP contribution in [0.15, 0.2) is 42.5 Å². The minimum atomic E-state index is -0.375. The summed E-state index contributed by atoms with van der Waals surface area (Å²) in [6, 6.07) is 13.7. The first-order valence-electron chi connectivity index (χ1n) is 9.01. The number of rotatable bonds is 4. The van der Waals surface area contributed by atoms with Crippen molar-refractivity contribution >= 4 is 11.9 Å². The van der Waals surface area contributed by atoms with Gasteiger partial charge < -0.3 is 19.1 Å². The summed E-state index contributed by atoms with van der Waals surface area (Å²) in [7, 11) is 1.33. The number of nitrogens with zero attached hydrogens (tertiary/aromatic N) is 1. The third-order valence-corrected chi connectivity index (χ3v) is 5.07. The molecule has 6 nitrogen and oxygen atoms in total. The van der Waals surface area contributed by atoms with Crippen LogP contribution in [0.5, 0.6) is 11.5 Å². The Kier molecular flexibility index (Phi) is 4.71. The summed E-state index contributed by atoms with van der Waals surface area (Å²) in [6.45, 7) is 0.808. The summed E-state index contributed by atoms with van der Waals surface area (Å²) in [5, 5.41) is 0. The molecule has 0 radical (unpaired) electrons. The van der Waals surface area contributed by atoms with Gasteiger partial charge in [0.15, 0.2) is 11.5 Å². The molecule has 1 unspecified atom stereocenters. The number of carbonyl (C=O) groups is 2. The van der Waals surface area contributed by atoms with Crippen LogP contribution in [0.1, 0.15) is 35.6 Å². The Bertz CT molecular complexity index is 864. The Morgan fingerprint density at radius 1 is 1.11 bits per heavy atom. The van der Waals surface area contributed by atoms with Crippen molar-refractivity contribution in [2.75, 3.05) is 20.4 Å². The number of hydrogen-bond acceptors (Lipinski definition) is 5. The lowest BCUT2D eigenvalue weighted by atomic mass is 9.87. The van der Waals surface area contributed by atoms with Gasteiger partial charge in [-0.1, -0.05) is 30.3 Å². The first kappa shape index (κ1) is 17.4. The van der Waals surface area contributed by atoms with Crippen molar-refractivity contribution in [3.63, 3.8) is 0 Å². The van der Waals surface area contributed by atoms with Gasteiger partial charge >= 0.3 is 5.97 Å². The van der Waals surface area contributed by atoms with Gasteiger partial charge in [0.05, 0.1) is 19.6 Å². The molecule has 27 heavy (non-hydrogen) atoms. The van der Waals surface area contributed by atoms with Crippen LogP contribution in [-0.4, -0.2) is 37.2 Å². The Morgan fingerprint density at radius 2 is 1.85 bits per heavy atom. The number of fused-ring (bicyclic) bond motifs is 2. The predicted molar refractivity (Wildman–Crippen MR) is 97.5 cm³/mol. The van der Waals surface area contributed by atoms with Crippen LogP contribution in [0.2, 0.25) is 0 Å². The Morgan fingerprint density at radius 3 is 2.59 bits per heavy atom. The Labute approximate surface area is 157 Å². The second-order valence-electron chi connectivity index (χ2n) is 6.63. The van der Waals surface area contributed by atoms with Crippen molar-refractivity contribution in [1.29, 1.82) is 0 Å². The first-order chi connectivity index (χ1) is 13.2. The highest BCUT2D eigenvalue weighted by atomic mass is 16.7. The fourth-order valence-corrected chi connectivity index (χ4v) is 3.73. The van der Waals surface area contributed by atoms with Gasteiger partial charge in [0.25, 0.3) is 0 Å². The zero-order chi connectivity index (χ0) is 18.8. The predicted octanol–water partition coefficient (Wildman–Crippen LogP) is 2.84. The quantitative estimate of drug-likeness (QED) is 0.778. The third kappa shape index (κ3) is 3.35. The minimum Gasteiger partial charge on any atom is -0.469 e. The van der Waals surface area contributed by atoms with Crippen molar-refractivity contribution in [2.24, 2.45) is 0 Å². The van der Waals surface area contributed by atoms with Gasteiger partial charge in [-0.25, -0.2) is 0 Å². The molecule has 1 amide bonds. The summed E-state index contributed by atoms with van der Waals surface area (Å²) in [5.41, 5.74) is 3.23. The van der Waals surface area contributed by atoms with E-state index in [1.54, 1.807) is 0 Å². The maximum absolute atomic E-state index is 12.9. The average Bonchev–Trinajstić information content (AvgIpc) is 3.17. The summed E-state index contributed by atoms with van der Waals surface area (Å²) < 4.78 is 15.7. The van der Waals surface area contributed by atoms with E-state index < -0.39 is 0 Å².